The van der Waals surface area contributed by atoms with Crippen molar-refractivity contribution < 1.29 is 13.2 Å². The van der Waals surface area contributed by atoms with E-state index in [1.807, 2.05) is 24.3 Å². The predicted molar refractivity (Wildman–Crippen MR) is 126 cm³/mol. The average Bonchev–Trinajstić information content (AvgIpc) is 3.22. The smallest absolute Gasteiger partial charge is 0.253 e. The number of piperazine rings is 1. The number of hydrogen-bond donors (Lipinski definition) is 1. The number of rotatable bonds is 4. The zero-order valence-corrected chi connectivity index (χ0v) is 19.2. The van der Waals surface area contributed by atoms with Crippen molar-refractivity contribution in [2.45, 2.75) is 10.4 Å². The Kier molecular flexibility index (Phi) is 5.39. The van der Waals surface area contributed by atoms with Gasteiger partial charge in [-0.3, -0.25) is 9.78 Å². The Hall–Kier alpha value is -2.56. The van der Waals surface area contributed by atoms with Crippen LogP contribution in [0, 0.1) is 0 Å². The third-order valence-electron chi connectivity index (χ3n) is 5.62. The average molecular weight is 487 g/mol. The lowest BCUT2D eigenvalue weighted by atomic mass is 10.1. The molecule has 0 aliphatic carbocycles. The molecule has 1 saturated heterocycles. The van der Waals surface area contributed by atoms with Crippen LogP contribution in [-0.4, -0.2) is 48.1 Å². The Balaban J connectivity index is 1.36. The minimum Gasteiger partial charge on any atom is -0.321 e. The maximum atomic E-state index is 13.2. The number of aromatic nitrogens is 1. The van der Waals surface area contributed by atoms with Crippen LogP contribution >= 0.6 is 22.9 Å². The van der Waals surface area contributed by atoms with Gasteiger partial charge in [-0.2, -0.15) is 4.31 Å². The van der Waals surface area contributed by atoms with Crippen LogP contribution in [0.4, 0.5) is 0 Å². The summed E-state index contributed by atoms with van der Waals surface area (Å²) < 4.78 is 28.6. The molecule has 4 aromatic rings. The lowest BCUT2D eigenvalue weighted by Gasteiger charge is -2.37. The molecule has 7 nitrogen and oxygen atoms in total. The highest BCUT2D eigenvalue weighted by atomic mass is 35.5. The molecule has 1 aliphatic heterocycles. The van der Waals surface area contributed by atoms with Gasteiger partial charge in [0, 0.05) is 40.6 Å². The largest absolute Gasteiger partial charge is 0.321 e. The van der Waals surface area contributed by atoms with Crippen LogP contribution in [0.15, 0.2) is 65.1 Å². The zero-order chi connectivity index (χ0) is 22.5. The molecule has 0 saturated carbocycles. The number of nitrogens with zero attached hydrogens (tertiary/aromatic N) is 3. The molecule has 0 radical (unpaired) electrons. The molecule has 32 heavy (non-hydrogen) atoms. The van der Waals surface area contributed by atoms with Gasteiger partial charge < -0.3 is 10.6 Å². The normalized spacial score (nSPS) is 16.7. The van der Waals surface area contributed by atoms with E-state index in [2.05, 4.69) is 4.98 Å². The van der Waals surface area contributed by atoms with Crippen LogP contribution in [0.2, 0.25) is 5.02 Å². The van der Waals surface area contributed by atoms with Crippen molar-refractivity contribution in [1.29, 1.82) is 0 Å². The molecule has 10 heteroatoms. The number of pyridine rings is 1. The SMILES string of the molecule is NC(c1ccc2cnccc2c1)N1CCN(S(=O)(=O)c2cc3ccc(Cl)cc3s2)CC1=O. The molecule has 3 heterocycles. The Morgan fingerprint density at radius 1 is 1.03 bits per heavy atom. The first-order chi connectivity index (χ1) is 15.3. The van der Waals surface area contributed by atoms with E-state index in [-0.39, 0.29) is 29.8 Å². The predicted octanol–water partition coefficient (Wildman–Crippen LogP) is 3.59. The van der Waals surface area contributed by atoms with E-state index in [0.717, 1.165) is 37.8 Å². The molecule has 1 atom stereocenters. The second-order valence-corrected chi connectivity index (χ2v) is 11.3. The fourth-order valence-electron chi connectivity index (χ4n) is 3.86. The lowest BCUT2D eigenvalue weighted by molar-refractivity contribution is -0.136. The summed E-state index contributed by atoms with van der Waals surface area (Å²) in [7, 11) is -3.80. The second-order valence-electron chi connectivity index (χ2n) is 7.60. The fourth-order valence-corrected chi connectivity index (χ4v) is 7.07. The second kappa shape index (κ2) is 8.09. The molecule has 1 amide bonds. The number of carbonyl (C=O) groups excluding carboxylic acids is 1. The van der Waals surface area contributed by atoms with Crippen molar-refractivity contribution in [3.63, 3.8) is 0 Å². The summed E-state index contributed by atoms with van der Waals surface area (Å²) in [4.78, 5) is 18.5. The summed E-state index contributed by atoms with van der Waals surface area (Å²) in [6, 6.07) is 14.5. The number of fused-ring (bicyclic) bond motifs is 2. The summed E-state index contributed by atoms with van der Waals surface area (Å²) in [6.45, 7) is 0.140. The van der Waals surface area contributed by atoms with E-state index in [1.165, 1.54) is 9.21 Å². The van der Waals surface area contributed by atoms with Crippen LogP contribution in [0.25, 0.3) is 20.9 Å². The van der Waals surface area contributed by atoms with Gasteiger partial charge in [0.15, 0.2) is 0 Å². The number of halogens is 1. The van der Waals surface area contributed by atoms with Crippen LogP contribution in [0.1, 0.15) is 11.7 Å². The zero-order valence-electron chi connectivity index (χ0n) is 16.8. The third-order valence-corrected chi connectivity index (χ3v) is 9.25. The highest BCUT2D eigenvalue weighted by molar-refractivity contribution is 7.91. The Morgan fingerprint density at radius 2 is 1.84 bits per heavy atom. The molecule has 2 aromatic heterocycles. The van der Waals surface area contributed by atoms with E-state index < -0.39 is 16.2 Å². The van der Waals surface area contributed by atoms with Gasteiger partial charge in [-0.05, 0) is 46.7 Å². The number of benzene rings is 2. The van der Waals surface area contributed by atoms with Gasteiger partial charge in [0.05, 0.1) is 6.54 Å². The summed E-state index contributed by atoms with van der Waals surface area (Å²) in [5, 5.41) is 3.31. The molecule has 1 fully saturated rings. The maximum Gasteiger partial charge on any atom is 0.253 e. The van der Waals surface area contributed by atoms with Gasteiger partial charge in [-0.25, -0.2) is 8.42 Å². The number of amides is 1. The molecule has 0 bridgehead atoms. The minimum atomic E-state index is -3.80. The van der Waals surface area contributed by atoms with Crippen molar-refractivity contribution in [1.82, 2.24) is 14.2 Å². The monoisotopic (exact) mass is 486 g/mol. The van der Waals surface area contributed by atoms with Gasteiger partial charge in [-0.1, -0.05) is 29.8 Å². The lowest BCUT2D eigenvalue weighted by Crippen LogP contribution is -2.54. The van der Waals surface area contributed by atoms with Crippen molar-refractivity contribution in [2.75, 3.05) is 19.6 Å². The topological polar surface area (TPSA) is 96.6 Å². The first-order valence-corrected chi connectivity index (χ1v) is 12.5. The number of sulfonamides is 1. The summed E-state index contributed by atoms with van der Waals surface area (Å²) in [5.41, 5.74) is 7.18. The molecular weight excluding hydrogens is 468 g/mol. The van der Waals surface area contributed by atoms with Crippen LogP contribution < -0.4 is 5.73 Å². The quantitative estimate of drug-likeness (QED) is 0.475. The molecule has 5 rings (SSSR count). The molecule has 1 aliphatic rings. The van der Waals surface area contributed by atoms with Gasteiger partial charge in [0.2, 0.25) is 5.91 Å². The summed E-state index contributed by atoms with van der Waals surface area (Å²) in [5.74, 6) is -0.327. The summed E-state index contributed by atoms with van der Waals surface area (Å²) >= 11 is 7.17. The highest BCUT2D eigenvalue weighted by Crippen LogP contribution is 2.33. The number of hydrogen-bond acceptors (Lipinski definition) is 6. The molecule has 0 spiro atoms. The Bertz CT molecular complexity index is 1450. The summed E-state index contributed by atoms with van der Waals surface area (Å²) in [6.07, 6.45) is 2.81. The molecule has 2 aromatic carbocycles. The van der Waals surface area contributed by atoms with E-state index >= 15 is 0 Å². The van der Waals surface area contributed by atoms with Crippen molar-refractivity contribution in [2.24, 2.45) is 5.73 Å². The highest BCUT2D eigenvalue weighted by Gasteiger charge is 2.36. The van der Waals surface area contributed by atoms with Crippen molar-refractivity contribution in [3.05, 3.63) is 71.5 Å². The number of thiophene rings is 1. The van der Waals surface area contributed by atoms with E-state index in [1.54, 1.807) is 36.7 Å². The van der Waals surface area contributed by atoms with E-state index in [9.17, 15) is 13.2 Å². The first kappa shape index (κ1) is 21.3. The number of carbonyl (C=O) groups is 1. The van der Waals surface area contributed by atoms with Gasteiger partial charge in [0.1, 0.15) is 10.4 Å². The van der Waals surface area contributed by atoms with Crippen molar-refractivity contribution in [3.8, 4) is 0 Å². The Morgan fingerprint density at radius 3 is 2.66 bits per heavy atom. The van der Waals surface area contributed by atoms with Gasteiger partial charge in [-0.15, -0.1) is 11.3 Å². The molecule has 2 N–H and O–H groups in total. The van der Waals surface area contributed by atoms with E-state index in [4.69, 9.17) is 17.3 Å². The molecule has 1 unspecified atom stereocenters. The third kappa shape index (κ3) is 3.76. The maximum absolute atomic E-state index is 13.2. The fraction of sp³-hybridized carbons (Fsp3) is 0.182. The van der Waals surface area contributed by atoms with Crippen LogP contribution in [0.3, 0.4) is 0 Å². The molecule has 164 valence electrons. The van der Waals surface area contributed by atoms with Crippen LogP contribution in [0.5, 0.6) is 0 Å². The first-order valence-electron chi connectivity index (χ1n) is 9.91. The standard InChI is InChI=1S/C22H19ClN4O3S2/c23-18-4-3-15-10-21(31-19(15)11-18)32(29,30)26-7-8-27(20(28)13-26)22(24)16-1-2-17-12-25-6-5-14(17)9-16/h1-6,9-12,22H,7-8,13,24H2. The van der Waals surface area contributed by atoms with Crippen LogP contribution in [-0.2, 0) is 14.8 Å². The van der Waals surface area contributed by atoms with Crippen molar-refractivity contribution >= 4 is 59.7 Å². The minimum absolute atomic E-state index is 0.175. The van der Waals surface area contributed by atoms with Gasteiger partial charge in [0.25, 0.3) is 10.0 Å². The molecular formula is C22H19ClN4O3S2. The number of nitrogens with two attached hydrogens (primary N) is 1. The van der Waals surface area contributed by atoms with E-state index in [0.29, 0.717) is 5.02 Å². The van der Waals surface area contributed by atoms with Gasteiger partial charge >= 0.3 is 0 Å². The Labute approximate surface area is 194 Å².